The summed E-state index contributed by atoms with van der Waals surface area (Å²) in [6.07, 6.45) is 4.26. The maximum absolute atomic E-state index is 12.6. The molecule has 0 unspecified atom stereocenters. The average molecular weight is 423 g/mol. The number of rotatable bonds is 9. The Morgan fingerprint density at radius 3 is 2.71 bits per heavy atom. The van der Waals surface area contributed by atoms with Crippen molar-refractivity contribution in [3.63, 3.8) is 0 Å². The Balaban J connectivity index is 1.77. The van der Waals surface area contributed by atoms with Gasteiger partial charge in [0.2, 0.25) is 10.0 Å². The first-order valence-corrected chi connectivity index (χ1v) is 12.1. The molecule has 1 saturated heterocycles. The third-order valence-corrected chi connectivity index (χ3v) is 8.20. The van der Waals surface area contributed by atoms with E-state index in [2.05, 4.69) is 17.1 Å². The summed E-state index contributed by atoms with van der Waals surface area (Å²) < 4.78 is 26.6. The summed E-state index contributed by atoms with van der Waals surface area (Å²) in [5, 5.41) is 10.2. The zero-order valence-electron chi connectivity index (χ0n) is 16.0. The Labute approximate surface area is 170 Å². The molecule has 0 bridgehead atoms. The van der Waals surface area contributed by atoms with Crippen LogP contribution in [0.5, 0.6) is 0 Å². The molecule has 0 saturated carbocycles. The number of carbonyl (C=O) groups is 1. The molecule has 1 aliphatic heterocycles. The van der Waals surface area contributed by atoms with Crippen molar-refractivity contribution in [1.82, 2.24) is 9.29 Å². The van der Waals surface area contributed by atoms with Crippen LogP contribution in [-0.4, -0.2) is 41.1 Å². The fourth-order valence-electron chi connectivity index (χ4n) is 3.65. The smallest absolute Gasteiger partial charge is 0.347 e. The fraction of sp³-hybridized carbons (Fsp3) is 0.500. The number of sulfonamides is 1. The van der Waals surface area contributed by atoms with E-state index >= 15 is 0 Å². The minimum absolute atomic E-state index is 0.116. The van der Waals surface area contributed by atoms with Gasteiger partial charge in [0, 0.05) is 6.54 Å². The number of hydrogen-bond donors (Lipinski definition) is 1. The number of carboxylic acids is 1. The first-order valence-electron chi connectivity index (χ1n) is 9.68. The summed E-state index contributed by atoms with van der Waals surface area (Å²) in [6.45, 7) is 2.33. The largest absolute Gasteiger partial charge is 0.477 e. The molecule has 0 amide bonds. The van der Waals surface area contributed by atoms with Crippen molar-refractivity contribution in [2.24, 2.45) is 0 Å². The first-order chi connectivity index (χ1) is 13.4. The van der Waals surface area contributed by atoms with Crippen LogP contribution in [-0.2, 0) is 22.9 Å². The molecule has 28 heavy (non-hydrogen) atoms. The van der Waals surface area contributed by atoms with Crippen molar-refractivity contribution in [2.75, 3.05) is 12.3 Å². The molecule has 1 fully saturated rings. The molecule has 1 aromatic carbocycles. The first kappa shape index (κ1) is 21.0. The molecule has 1 atom stereocenters. The lowest BCUT2D eigenvalue weighted by Crippen LogP contribution is -2.32. The van der Waals surface area contributed by atoms with Crippen LogP contribution in [0, 0.1) is 0 Å². The standard InChI is InChI=1S/C20H26N2O4S2/c1-2-14-28(25,26)22-13-7-12-17(22)19-21-16(18(27-19)20(23)24)11-6-10-15-8-4-3-5-9-15/h3-5,8-9,17H,2,6-7,10-14H2,1H3,(H,23,24)/t17-/m1/s1. The van der Waals surface area contributed by atoms with E-state index in [1.54, 1.807) is 0 Å². The van der Waals surface area contributed by atoms with Crippen LogP contribution >= 0.6 is 11.3 Å². The second-order valence-corrected chi connectivity index (χ2v) is 10.1. The zero-order valence-corrected chi connectivity index (χ0v) is 17.6. The molecule has 1 aliphatic rings. The molecule has 2 aromatic rings. The third kappa shape index (κ3) is 4.79. The van der Waals surface area contributed by atoms with E-state index in [0.29, 0.717) is 36.5 Å². The molecule has 0 aliphatic carbocycles. The molecular formula is C20H26N2O4S2. The minimum atomic E-state index is -3.33. The summed E-state index contributed by atoms with van der Waals surface area (Å²) in [4.78, 5) is 16.5. The van der Waals surface area contributed by atoms with E-state index in [1.807, 2.05) is 25.1 Å². The Kier molecular flexibility index (Phi) is 6.85. The molecule has 152 valence electrons. The van der Waals surface area contributed by atoms with Gasteiger partial charge in [-0.25, -0.2) is 18.2 Å². The topological polar surface area (TPSA) is 87.6 Å². The molecular weight excluding hydrogens is 396 g/mol. The van der Waals surface area contributed by atoms with Crippen LogP contribution in [0.4, 0.5) is 0 Å². The van der Waals surface area contributed by atoms with Crippen LogP contribution in [0.3, 0.4) is 0 Å². The highest BCUT2D eigenvalue weighted by atomic mass is 32.2. The highest BCUT2D eigenvalue weighted by molar-refractivity contribution is 7.89. The van der Waals surface area contributed by atoms with Gasteiger partial charge >= 0.3 is 5.97 Å². The normalized spacial score (nSPS) is 17.8. The van der Waals surface area contributed by atoms with Crippen molar-refractivity contribution >= 4 is 27.3 Å². The van der Waals surface area contributed by atoms with E-state index in [0.717, 1.165) is 30.6 Å². The fourth-order valence-corrected chi connectivity index (χ4v) is 6.57. The Bertz CT molecular complexity index is 910. The van der Waals surface area contributed by atoms with E-state index in [-0.39, 0.29) is 16.7 Å². The van der Waals surface area contributed by atoms with Crippen LogP contribution in [0.1, 0.15) is 64.6 Å². The monoisotopic (exact) mass is 422 g/mol. The van der Waals surface area contributed by atoms with Gasteiger partial charge in [0.25, 0.3) is 0 Å². The number of nitrogens with zero attached hydrogens (tertiary/aromatic N) is 2. The third-order valence-electron chi connectivity index (χ3n) is 4.94. The van der Waals surface area contributed by atoms with E-state index in [9.17, 15) is 18.3 Å². The maximum Gasteiger partial charge on any atom is 0.347 e. The summed E-state index contributed by atoms with van der Waals surface area (Å²) in [7, 11) is -3.33. The van der Waals surface area contributed by atoms with Crippen molar-refractivity contribution < 1.29 is 18.3 Å². The maximum atomic E-state index is 12.6. The Morgan fingerprint density at radius 1 is 1.29 bits per heavy atom. The molecule has 3 rings (SSSR count). The summed E-state index contributed by atoms with van der Waals surface area (Å²) in [5.41, 5.74) is 1.78. The number of carboxylic acid groups (broad SMARTS) is 1. The molecule has 0 spiro atoms. The lowest BCUT2D eigenvalue weighted by atomic mass is 10.1. The minimum Gasteiger partial charge on any atom is -0.477 e. The van der Waals surface area contributed by atoms with Crippen LogP contribution < -0.4 is 0 Å². The Morgan fingerprint density at radius 2 is 2.04 bits per heavy atom. The van der Waals surface area contributed by atoms with Crippen LogP contribution in [0.15, 0.2) is 30.3 Å². The van der Waals surface area contributed by atoms with Gasteiger partial charge < -0.3 is 5.11 Å². The summed E-state index contributed by atoms with van der Waals surface area (Å²) in [6, 6.07) is 9.73. The van der Waals surface area contributed by atoms with Crippen LogP contribution in [0.25, 0.3) is 0 Å². The zero-order chi connectivity index (χ0) is 20.1. The Hall–Kier alpha value is -1.77. The summed E-state index contributed by atoms with van der Waals surface area (Å²) >= 11 is 1.13. The molecule has 1 aromatic heterocycles. The van der Waals surface area contributed by atoms with Gasteiger partial charge in [-0.05, 0) is 44.1 Å². The number of hydrogen-bond acceptors (Lipinski definition) is 5. The second-order valence-electron chi connectivity index (χ2n) is 7.06. The highest BCUT2D eigenvalue weighted by Crippen LogP contribution is 2.37. The van der Waals surface area contributed by atoms with E-state index in [4.69, 9.17) is 0 Å². The molecule has 1 N–H and O–H groups in total. The quantitative estimate of drug-likeness (QED) is 0.662. The number of aromatic carboxylic acids is 1. The second kappa shape index (κ2) is 9.15. The molecule has 0 radical (unpaired) electrons. The average Bonchev–Trinajstić information content (AvgIpc) is 3.30. The molecule has 2 heterocycles. The van der Waals surface area contributed by atoms with Gasteiger partial charge in [0.05, 0.1) is 17.5 Å². The van der Waals surface area contributed by atoms with Crippen molar-refractivity contribution in [3.8, 4) is 0 Å². The van der Waals surface area contributed by atoms with Gasteiger partial charge in [-0.1, -0.05) is 37.3 Å². The SMILES string of the molecule is CCCS(=O)(=O)N1CCC[C@@H]1c1nc(CCCc2ccccc2)c(C(=O)O)s1. The predicted molar refractivity (Wildman–Crippen MR) is 110 cm³/mol. The van der Waals surface area contributed by atoms with Gasteiger partial charge in [-0.15, -0.1) is 11.3 Å². The van der Waals surface area contributed by atoms with Gasteiger partial charge in [0.15, 0.2) is 0 Å². The van der Waals surface area contributed by atoms with Gasteiger partial charge in [-0.3, -0.25) is 0 Å². The lowest BCUT2D eigenvalue weighted by molar-refractivity contribution is 0.0700. The number of benzene rings is 1. The van der Waals surface area contributed by atoms with E-state index < -0.39 is 16.0 Å². The lowest BCUT2D eigenvalue weighted by Gasteiger charge is -2.22. The summed E-state index contributed by atoms with van der Waals surface area (Å²) in [5.74, 6) is -0.871. The van der Waals surface area contributed by atoms with E-state index in [1.165, 1.54) is 9.87 Å². The van der Waals surface area contributed by atoms with Crippen molar-refractivity contribution in [3.05, 3.63) is 51.5 Å². The van der Waals surface area contributed by atoms with Crippen molar-refractivity contribution in [2.45, 2.75) is 51.5 Å². The molecule has 6 nitrogen and oxygen atoms in total. The molecule has 8 heteroatoms. The van der Waals surface area contributed by atoms with Gasteiger partial charge in [-0.2, -0.15) is 4.31 Å². The van der Waals surface area contributed by atoms with Crippen molar-refractivity contribution in [1.29, 1.82) is 0 Å². The van der Waals surface area contributed by atoms with Gasteiger partial charge in [0.1, 0.15) is 9.88 Å². The predicted octanol–water partition coefficient (Wildman–Crippen LogP) is 3.89. The number of thiazole rings is 1. The number of aryl methyl sites for hydroxylation is 2. The highest BCUT2D eigenvalue weighted by Gasteiger charge is 2.37. The van der Waals surface area contributed by atoms with Crippen LogP contribution in [0.2, 0.25) is 0 Å². The number of aromatic nitrogens is 1.